The largest absolute Gasteiger partial charge is 0.379 e. The molecular weight excluding hydrogens is 363 g/mol. The van der Waals surface area contributed by atoms with Crippen molar-refractivity contribution >= 4 is 34.2 Å². The minimum atomic E-state index is -0.307. The Labute approximate surface area is 132 Å². The molecule has 0 aliphatic heterocycles. The lowest BCUT2D eigenvalue weighted by atomic mass is 10.1. The van der Waals surface area contributed by atoms with Crippen LogP contribution in [0.15, 0.2) is 48.5 Å². The van der Waals surface area contributed by atoms with Gasteiger partial charge in [-0.25, -0.2) is 0 Å². The maximum atomic E-state index is 10.8. The van der Waals surface area contributed by atoms with E-state index in [-0.39, 0.29) is 18.4 Å². The number of hydrogen-bond acceptors (Lipinski definition) is 2. The van der Waals surface area contributed by atoms with Gasteiger partial charge < -0.3 is 11.1 Å². The summed E-state index contributed by atoms with van der Waals surface area (Å²) in [6, 6.07) is 16.5. The molecule has 0 heterocycles. The van der Waals surface area contributed by atoms with E-state index in [1.54, 1.807) is 0 Å². The number of rotatable bonds is 5. The van der Waals surface area contributed by atoms with Gasteiger partial charge in [-0.2, -0.15) is 0 Å². The van der Waals surface area contributed by atoms with E-state index < -0.39 is 0 Å². The summed E-state index contributed by atoms with van der Waals surface area (Å²) in [5, 5.41) is 3.44. The van der Waals surface area contributed by atoms with Crippen LogP contribution in [0.2, 0.25) is 0 Å². The van der Waals surface area contributed by atoms with Gasteiger partial charge in [0.05, 0.1) is 6.42 Å². The third-order valence-electron chi connectivity index (χ3n) is 3.09. The first kappa shape index (κ1) is 14.8. The highest BCUT2D eigenvalue weighted by Crippen LogP contribution is 2.20. The standard InChI is InChI=1S/C16H17IN2O/c1-11(13-4-6-14(17)7-5-13)19-15-8-2-12(3-9-15)10-16(18)20/h2-9,11,19H,10H2,1H3,(H2,18,20). The van der Waals surface area contributed by atoms with E-state index in [1.165, 1.54) is 9.13 Å². The Bertz CT molecular complexity index is 578. The molecule has 3 nitrogen and oxygen atoms in total. The fraction of sp³-hybridized carbons (Fsp3) is 0.188. The highest BCUT2D eigenvalue weighted by atomic mass is 127. The second-order valence-corrected chi connectivity index (χ2v) is 6.00. The summed E-state index contributed by atoms with van der Waals surface area (Å²) in [7, 11) is 0. The van der Waals surface area contributed by atoms with Crippen molar-refractivity contribution in [3.05, 3.63) is 63.2 Å². The van der Waals surface area contributed by atoms with Gasteiger partial charge >= 0.3 is 0 Å². The van der Waals surface area contributed by atoms with E-state index in [0.29, 0.717) is 0 Å². The van der Waals surface area contributed by atoms with Crippen LogP contribution in [-0.2, 0) is 11.2 Å². The van der Waals surface area contributed by atoms with Crippen molar-refractivity contribution in [3.63, 3.8) is 0 Å². The average molecular weight is 380 g/mol. The third-order valence-corrected chi connectivity index (χ3v) is 3.80. The molecule has 0 saturated carbocycles. The molecule has 2 aromatic carbocycles. The van der Waals surface area contributed by atoms with Crippen LogP contribution in [0, 0.1) is 3.57 Å². The van der Waals surface area contributed by atoms with Gasteiger partial charge in [-0.05, 0) is 64.9 Å². The molecule has 0 spiro atoms. The molecule has 0 aromatic heterocycles. The lowest BCUT2D eigenvalue weighted by Gasteiger charge is -2.16. The van der Waals surface area contributed by atoms with Crippen molar-refractivity contribution in [2.24, 2.45) is 5.73 Å². The number of benzene rings is 2. The van der Waals surface area contributed by atoms with Gasteiger partial charge in [-0.15, -0.1) is 0 Å². The predicted octanol–water partition coefficient (Wildman–Crippen LogP) is 3.49. The molecule has 0 aliphatic rings. The number of halogens is 1. The highest BCUT2D eigenvalue weighted by Gasteiger charge is 2.05. The average Bonchev–Trinajstić information content (AvgIpc) is 2.41. The summed E-state index contributed by atoms with van der Waals surface area (Å²) >= 11 is 2.30. The zero-order valence-electron chi connectivity index (χ0n) is 11.3. The summed E-state index contributed by atoms with van der Waals surface area (Å²) in [6.45, 7) is 2.12. The number of carbonyl (C=O) groups is 1. The molecule has 0 saturated heterocycles. The Balaban J connectivity index is 2.02. The minimum Gasteiger partial charge on any atom is -0.379 e. The summed E-state index contributed by atoms with van der Waals surface area (Å²) in [5.41, 5.74) is 8.39. The third kappa shape index (κ3) is 4.23. The molecule has 0 aliphatic carbocycles. The predicted molar refractivity (Wildman–Crippen MR) is 90.5 cm³/mol. The van der Waals surface area contributed by atoms with Crippen molar-refractivity contribution in [3.8, 4) is 0 Å². The van der Waals surface area contributed by atoms with Gasteiger partial charge in [0.1, 0.15) is 0 Å². The topological polar surface area (TPSA) is 55.1 Å². The van der Waals surface area contributed by atoms with E-state index in [9.17, 15) is 4.79 Å². The molecule has 0 fully saturated rings. The summed E-state index contributed by atoms with van der Waals surface area (Å²) in [5.74, 6) is -0.307. The van der Waals surface area contributed by atoms with Gasteiger partial charge in [0.15, 0.2) is 0 Å². The maximum Gasteiger partial charge on any atom is 0.221 e. The SMILES string of the molecule is CC(Nc1ccc(CC(N)=O)cc1)c1ccc(I)cc1. The molecule has 1 amide bonds. The lowest BCUT2D eigenvalue weighted by Crippen LogP contribution is -2.13. The minimum absolute atomic E-state index is 0.231. The van der Waals surface area contributed by atoms with Crippen LogP contribution in [0.25, 0.3) is 0 Å². The Morgan fingerprint density at radius 2 is 1.75 bits per heavy atom. The molecule has 3 N–H and O–H groups in total. The van der Waals surface area contributed by atoms with Crippen LogP contribution < -0.4 is 11.1 Å². The Morgan fingerprint density at radius 1 is 1.15 bits per heavy atom. The quantitative estimate of drug-likeness (QED) is 0.781. The van der Waals surface area contributed by atoms with E-state index in [1.807, 2.05) is 24.3 Å². The molecule has 0 radical (unpaired) electrons. The van der Waals surface area contributed by atoms with E-state index in [2.05, 4.69) is 59.1 Å². The fourth-order valence-electron chi connectivity index (χ4n) is 2.00. The Hall–Kier alpha value is -1.56. The van der Waals surface area contributed by atoms with E-state index in [4.69, 9.17) is 5.73 Å². The first-order chi connectivity index (χ1) is 9.54. The van der Waals surface area contributed by atoms with Crippen molar-refractivity contribution < 1.29 is 4.79 Å². The number of hydrogen-bond donors (Lipinski definition) is 2. The van der Waals surface area contributed by atoms with Crippen molar-refractivity contribution in [1.82, 2.24) is 0 Å². The second-order valence-electron chi connectivity index (χ2n) is 4.76. The molecule has 104 valence electrons. The smallest absolute Gasteiger partial charge is 0.221 e. The van der Waals surface area contributed by atoms with Gasteiger partial charge in [0.2, 0.25) is 5.91 Å². The van der Waals surface area contributed by atoms with Crippen molar-refractivity contribution in [2.45, 2.75) is 19.4 Å². The van der Waals surface area contributed by atoms with Crippen molar-refractivity contribution in [2.75, 3.05) is 5.32 Å². The first-order valence-corrected chi connectivity index (χ1v) is 7.52. The normalized spacial score (nSPS) is 11.9. The van der Waals surface area contributed by atoms with Crippen molar-refractivity contribution in [1.29, 1.82) is 0 Å². The molecule has 2 aromatic rings. The van der Waals surface area contributed by atoms with E-state index >= 15 is 0 Å². The Morgan fingerprint density at radius 3 is 2.30 bits per heavy atom. The van der Waals surface area contributed by atoms with Gasteiger partial charge in [0, 0.05) is 15.3 Å². The number of anilines is 1. The van der Waals surface area contributed by atoms with Crippen LogP contribution in [0.5, 0.6) is 0 Å². The highest BCUT2D eigenvalue weighted by molar-refractivity contribution is 14.1. The van der Waals surface area contributed by atoms with Crippen LogP contribution in [-0.4, -0.2) is 5.91 Å². The van der Waals surface area contributed by atoms with Crippen LogP contribution in [0.1, 0.15) is 24.1 Å². The summed E-state index contributed by atoms with van der Waals surface area (Å²) < 4.78 is 1.23. The van der Waals surface area contributed by atoms with Gasteiger partial charge in [0.25, 0.3) is 0 Å². The van der Waals surface area contributed by atoms with Crippen LogP contribution in [0.4, 0.5) is 5.69 Å². The maximum absolute atomic E-state index is 10.8. The molecule has 1 atom stereocenters. The molecule has 1 unspecified atom stereocenters. The molecule has 2 rings (SSSR count). The molecule has 20 heavy (non-hydrogen) atoms. The molecule has 4 heteroatoms. The number of nitrogens with two attached hydrogens (primary N) is 1. The summed E-state index contributed by atoms with van der Waals surface area (Å²) in [4.78, 5) is 10.8. The lowest BCUT2D eigenvalue weighted by molar-refractivity contribution is -0.117. The zero-order chi connectivity index (χ0) is 14.5. The Kier molecular flexibility index (Phi) is 5.00. The van der Waals surface area contributed by atoms with Crippen LogP contribution in [0.3, 0.4) is 0 Å². The first-order valence-electron chi connectivity index (χ1n) is 6.44. The fourth-order valence-corrected chi connectivity index (χ4v) is 2.36. The number of nitrogens with one attached hydrogen (secondary N) is 1. The second kappa shape index (κ2) is 6.74. The summed E-state index contributed by atoms with van der Waals surface area (Å²) in [6.07, 6.45) is 0.285. The number of primary amides is 1. The number of amides is 1. The number of carbonyl (C=O) groups excluding carboxylic acids is 1. The monoisotopic (exact) mass is 380 g/mol. The zero-order valence-corrected chi connectivity index (χ0v) is 13.4. The van der Waals surface area contributed by atoms with E-state index in [0.717, 1.165) is 11.3 Å². The molecule has 0 bridgehead atoms. The van der Waals surface area contributed by atoms with Gasteiger partial charge in [-0.1, -0.05) is 24.3 Å². The molecular formula is C16H17IN2O. The van der Waals surface area contributed by atoms with Crippen LogP contribution >= 0.6 is 22.6 Å². The van der Waals surface area contributed by atoms with Gasteiger partial charge in [-0.3, -0.25) is 4.79 Å².